The number of aromatic nitrogens is 2. The van der Waals surface area contributed by atoms with Crippen molar-refractivity contribution in [2.45, 2.75) is 0 Å². The van der Waals surface area contributed by atoms with Gasteiger partial charge in [0.25, 0.3) is 0 Å². The standard InChI is InChI=1S/C57H35N3/c1-58-41-31-28-38(29-32-41)42-21-10-13-25-46(42)52-36-53(60-57(59-52)40-19-6-3-7-20-40)47-34-35-50(45-24-12-11-23-44(45)47)55-49-27-15-14-26-48(49)54(39-17-4-2-5-18-39)56-43-22-9-8-16-37(43)30-33-51(55)56/h2-36H. The Balaban J connectivity index is 1.18. The van der Waals surface area contributed by atoms with Crippen LogP contribution in [0.25, 0.3) is 115 Å². The molecule has 0 spiro atoms. The van der Waals surface area contributed by atoms with E-state index in [0.29, 0.717) is 11.5 Å². The number of benzene rings is 10. The van der Waals surface area contributed by atoms with E-state index >= 15 is 0 Å². The summed E-state index contributed by atoms with van der Waals surface area (Å²) in [6.07, 6.45) is 0. The van der Waals surface area contributed by atoms with E-state index < -0.39 is 0 Å². The Morgan fingerprint density at radius 2 is 0.867 bits per heavy atom. The molecule has 1 aromatic heterocycles. The van der Waals surface area contributed by atoms with Crippen LogP contribution in [-0.2, 0) is 0 Å². The van der Waals surface area contributed by atoms with Crippen molar-refractivity contribution in [3.05, 3.63) is 224 Å². The minimum absolute atomic E-state index is 0.615. The third-order valence-electron chi connectivity index (χ3n) is 11.7. The maximum atomic E-state index is 7.47. The highest BCUT2D eigenvalue weighted by molar-refractivity contribution is 6.29. The van der Waals surface area contributed by atoms with Crippen LogP contribution in [0.5, 0.6) is 0 Å². The van der Waals surface area contributed by atoms with Gasteiger partial charge in [-0.3, -0.25) is 0 Å². The van der Waals surface area contributed by atoms with Crippen molar-refractivity contribution in [1.82, 2.24) is 9.97 Å². The Hall–Kier alpha value is -8.19. The highest BCUT2D eigenvalue weighted by atomic mass is 14.9. The Bertz CT molecular complexity index is 3470. The molecule has 0 amide bonds. The predicted octanol–water partition coefficient (Wildman–Crippen LogP) is 15.6. The lowest BCUT2D eigenvalue weighted by Gasteiger charge is -2.21. The fraction of sp³-hybridized carbons (Fsp3) is 0. The summed E-state index contributed by atoms with van der Waals surface area (Å²) in [7, 11) is 0. The van der Waals surface area contributed by atoms with Crippen LogP contribution in [0.2, 0.25) is 0 Å². The highest BCUT2D eigenvalue weighted by Gasteiger charge is 2.22. The fourth-order valence-corrected chi connectivity index (χ4v) is 9.00. The molecule has 0 saturated carbocycles. The maximum Gasteiger partial charge on any atom is 0.187 e. The average molecular weight is 762 g/mol. The van der Waals surface area contributed by atoms with Crippen LogP contribution in [0.4, 0.5) is 5.69 Å². The number of rotatable bonds is 6. The molecule has 0 bridgehead atoms. The molecular formula is C57H35N3. The molecule has 0 N–H and O–H groups in total. The smallest absolute Gasteiger partial charge is 0.187 e. The monoisotopic (exact) mass is 761 g/mol. The molecule has 11 aromatic rings. The average Bonchev–Trinajstić information content (AvgIpc) is 3.33. The summed E-state index contributed by atoms with van der Waals surface area (Å²) in [5.41, 5.74) is 12.2. The lowest BCUT2D eigenvalue weighted by Crippen LogP contribution is -1.98. The lowest BCUT2D eigenvalue weighted by atomic mass is 9.82. The van der Waals surface area contributed by atoms with E-state index in [1.807, 2.05) is 42.5 Å². The molecule has 10 aromatic carbocycles. The van der Waals surface area contributed by atoms with E-state index in [9.17, 15) is 0 Å². The van der Waals surface area contributed by atoms with Crippen molar-refractivity contribution in [3.63, 3.8) is 0 Å². The molecule has 0 saturated heterocycles. The zero-order valence-corrected chi connectivity index (χ0v) is 32.5. The van der Waals surface area contributed by atoms with Gasteiger partial charge in [0, 0.05) is 16.7 Å². The molecule has 11 rings (SSSR count). The van der Waals surface area contributed by atoms with Gasteiger partial charge in [0.05, 0.1) is 18.0 Å². The molecule has 0 aliphatic carbocycles. The molecule has 0 atom stereocenters. The number of hydrogen-bond acceptors (Lipinski definition) is 2. The van der Waals surface area contributed by atoms with E-state index in [2.05, 4.69) is 175 Å². The van der Waals surface area contributed by atoms with Gasteiger partial charge in [-0.2, -0.15) is 0 Å². The van der Waals surface area contributed by atoms with Crippen LogP contribution in [0, 0.1) is 6.57 Å². The topological polar surface area (TPSA) is 30.1 Å². The van der Waals surface area contributed by atoms with Crippen molar-refractivity contribution in [1.29, 1.82) is 0 Å². The number of nitrogens with zero attached hydrogens (tertiary/aromatic N) is 3. The summed E-state index contributed by atoms with van der Waals surface area (Å²) in [6, 6.07) is 74.8. The molecule has 60 heavy (non-hydrogen) atoms. The van der Waals surface area contributed by atoms with Crippen molar-refractivity contribution >= 4 is 48.8 Å². The molecule has 0 radical (unpaired) electrons. The molecule has 3 heteroatoms. The minimum atomic E-state index is 0.615. The second-order valence-corrected chi connectivity index (χ2v) is 15.1. The van der Waals surface area contributed by atoms with Gasteiger partial charge in [-0.05, 0) is 82.5 Å². The molecule has 1 heterocycles. The molecule has 3 nitrogen and oxygen atoms in total. The zero-order valence-electron chi connectivity index (χ0n) is 32.5. The van der Waals surface area contributed by atoms with E-state index in [0.717, 1.165) is 50.0 Å². The van der Waals surface area contributed by atoms with E-state index in [1.54, 1.807) is 0 Å². The van der Waals surface area contributed by atoms with Gasteiger partial charge >= 0.3 is 0 Å². The van der Waals surface area contributed by atoms with Crippen molar-refractivity contribution in [2.24, 2.45) is 0 Å². The first kappa shape index (κ1) is 35.0. The normalized spacial score (nSPS) is 11.3. The maximum absolute atomic E-state index is 7.47. The summed E-state index contributed by atoms with van der Waals surface area (Å²) in [5.74, 6) is 0.662. The third-order valence-corrected chi connectivity index (χ3v) is 11.7. The van der Waals surface area contributed by atoms with Crippen LogP contribution in [0.15, 0.2) is 212 Å². The summed E-state index contributed by atoms with van der Waals surface area (Å²) in [4.78, 5) is 14.2. The van der Waals surface area contributed by atoms with E-state index in [-0.39, 0.29) is 0 Å². The Kier molecular flexibility index (Phi) is 8.54. The van der Waals surface area contributed by atoms with Crippen LogP contribution in [-0.4, -0.2) is 9.97 Å². The lowest BCUT2D eigenvalue weighted by molar-refractivity contribution is 1.19. The van der Waals surface area contributed by atoms with E-state index in [4.69, 9.17) is 16.5 Å². The molecule has 0 aliphatic heterocycles. The largest absolute Gasteiger partial charge is 0.238 e. The summed E-state index contributed by atoms with van der Waals surface area (Å²) in [6.45, 7) is 7.47. The fourth-order valence-electron chi connectivity index (χ4n) is 9.00. The summed E-state index contributed by atoms with van der Waals surface area (Å²) >= 11 is 0. The summed E-state index contributed by atoms with van der Waals surface area (Å²) < 4.78 is 0. The van der Waals surface area contributed by atoms with Gasteiger partial charge < -0.3 is 0 Å². The summed E-state index contributed by atoms with van der Waals surface area (Å²) in [5, 5.41) is 9.67. The molecule has 0 unspecified atom stereocenters. The molecule has 0 fully saturated rings. The highest BCUT2D eigenvalue weighted by Crippen LogP contribution is 2.48. The first-order valence-electron chi connectivity index (χ1n) is 20.2. The minimum Gasteiger partial charge on any atom is -0.238 e. The number of fused-ring (bicyclic) bond motifs is 5. The second-order valence-electron chi connectivity index (χ2n) is 15.1. The SMILES string of the molecule is [C-]#[N+]c1ccc(-c2ccccc2-c2cc(-c3ccc(-c4c5ccccc5c(-c5ccccc5)c5c4ccc4ccccc45)c4ccccc34)nc(-c3ccccc3)n2)cc1. The van der Waals surface area contributed by atoms with Gasteiger partial charge in [0.1, 0.15) is 0 Å². The van der Waals surface area contributed by atoms with Crippen LogP contribution in [0.3, 0.4) is 0 Å². The van der Waals surface area contributed by atoms with Gasteiger partial charge in [-0.15, -0.1) is 0 Å². The van der Waals surface area contributed by atoms with Crippen LogP contribution >= 0.6 is 0 Å². The van der Waals surface area contributed by atoms with E-state index in [1.165, 1.54) is 54.6 Å². The van der Waals surface area contributed by atoms with Crippen molar-refractivity contribution in [3.8, 4) is 67.3 Å². The predicted molar refractivity (Wildman–Crippen MR) is 251 cm³/mol. The first-order valence-corrected chi connectivity index (χ1v) is 20.2. The van der Waals surface area contributed by atoms with Crippen LogP contribution < -0.4 is 0 Å². The third kappa shape index (κ3) is 5.90. The Labute approximate surface area is 348 Å². The second kappa shape index (κ2) is 14.6. The van der Waals surface area contributed by atoms with Gasteiger partial charge in [0.2, 0.25) is 0 Å². The van der Waals surface area contributed by atoms with Crippen molar-refractivity contribution in [2.75, 3.05) is 0 Å². The number of hydrogen-bond donors (Lipinski definition) is 0. The Morgan fingerprint density at radius 1 is 0.333 bits per heavy atom. The van der Waals surface area contributed by atoms with Gasteiger partial charge in [-0.25, -0.2) is 14.8 Å². The van der Waals surface area contributed by atoms with Gasteiger partial charge in [0.15, 0.2) is 11.5 Å². The molecule has 278 valence electrons. The zero-order chi connectivity index (χ0) is 40.0. The van der Waals surface area contributed by atoms with Crippen LogP contribution in [0.1, 0.15) is 0 Å². The van der Waals surface area contributed by atoms with Crippen molar-refractivity contribution < 1.29 is 0 Å². The quantitative estimate of drug-likeness (QED) is 0.0959. The molecular weight excluding hydrogens is 727 g/mol. The first-order chi connectivity index (χ1) is 29.7. The van der Waals surface area contributed by atoms with Gasteiger partial charge in [-0.1, -0.05) is 206 Å². The molecule has 0 aliphatic rings. The Morgan fingerprint density at radius 3 is 1.57 bits per heavy atom.